The summed E-state index contributed by atoms with van der Waals surface area (Å²) in [4.78, 5) is 192. The van der Waals surface area contributed by atoms with Crippen LogP contribution in [0.5, 0.6) is 0 Å². The Morgan fingerprint density at radius 2 is 1.04 bits per heavy atom. The van der Waals surface area contributed by atoms with Crippen LogP contribution in [0.1, 0.15) is 178 Å². The lowest BCUT2D eigenvalue weighted by Crippen LogP contribution is -2.62. The lowest BCUT2D eigenvalue weighted by Gasteiger charge is -2.41. The number of aromatic nitrogens is 2. The molecule has 1 aliphatic heterocycles. The zero-order valence-electron chi connectivity index (χ0n) is 61.5. The minimum Gasteiger partial charge on any atom is -0.465 e. The van der Waals surface area contributed by atoms with E-state index in [4.69, 9.17) is 4.74 Å². The topological polar surface area (TPSA) is 298 Å². The van der Waals surface area contributed by atoms with Crippen molar-refractivity contribution < 1.29 is 67.4 Å². The number of rotatable bonds is 16. The number of imidazole rings is 1. The molecule has 3 N–H and O–H groups in total. The predicted molar refractivity (Wildman–Crippen MR) is 364 cm³/mol. The van der Waals surface area contributed by atoms with E-state index in [-0.39, 0.29) is 80.6 Å². The van der Waals surface area contributed by atoms with Crippen molar-refractivity contribution in [3.63, 3.8) is 0 Å². The van der Waals surface area contributed by atoms with Crippen LogP contribution in [0.3, 0.4) is 0 Å². The Morgan fingerprint density at radius 3 is 1.54 bits per heavy atom. The van der Waals surface area contributed by atoms with Crippen LogP contribution < -0.4 is 5.32 Å². The van der Waals surface area contributed by atoms with Gasteiger partial charge in [0.05, 0.1) is 48.4 Å². The Hall–Kier alpha value is -7.11. The number of hydrogen-bond acceptors (Lipinski definition) is 15. The maximum Gasteiger partial charge on any atom is 0.337 e. The lowest BCUT2D eigenvalue weighted by molar-refractivity contribution is -0.157. The number of carbonyl (C=O) groups is 12. The van der Waals surface area contributed by atoms with Gasteiger partial charge in [-0.1, -0.05) is 104 Å². The average Bonchev–Trinajstić information content (AvgIpc) is 1.53. The highest BCUT2D eigenvalue weighted by molar-refractivity contribution is 6.00. The molecule has 0 aliphatic carbocycles. The van der Waals surface area contributed by atoms with Crippen LogP contribution in [0.2, 0.25) is 0 Å². The number of esters is 1. The van der Waals surface area contributed by atoms with Gasteiger partial charge in [-0.3, -0.25) is 52.7 Å². The lowest BCUT2D eigenvalue weighted by atomic mass is 9.84. The summed E-state index contributed by atoms with van der Waals surface area (Å²) in [5, 5.41) is 15.4. The normalized spacial score (nSPS) is 25.5. The van der Waals surface area contributed by atoms with Gasteiger partial charge in [0, 0.05) is 92.8 Å². The summed E-state index contributed by atoms with van der Waals surface area (Å²) in [5.74, 6) is -11.9. The number of ketones is 3. The summed E-state index contributed by atoms with van der Waals surface area (Å²) in [7, 11) is 11.4. The van der Waals surface area contributed by atoms with Gasteiger partial charge in [-0.25, -0.2) is 9.78 Å². The fourth-order valence-electron chi connectivity index (χ4n) is 12.9. The SMILES string of the molecule is CC[C@@H]1CC(=O)[C@H]([C@H](O)[C@H](C)Cc2nc3ccc(C(=O)OC)cc3[nH]2)N(C)C(=O)[C@H](C(C)C)N(C)C(=O)[C@H](CC(C)C)N(C)C(=O)[C@H](CC(C)C)N(C)C(=O)[C@@H](C)NC(=O)[C@H](C)CC(=O)[C@H](CC(C)C)N(C)C(=O)[C@H](C(C)C)CC(=O)[C@H](CC(C)C)N(C)C(=O)CN(C)C1=O. The van der Waals surface area contributed by atoms with Gasteiger partial charge in [0.2, 0.25) is 47.3 Å². The fourth-order valence-corrected chi connectivity index (χ4v) is 12.9. The first kappa shape index (κ1) is 82.1. The van der Waals surface area contributed by atoms with Crippen molar-refractivity contribution in [2.75, 3.05) is 63.0 Å². The molecule has 24 nitrogen and oxygen atoms in total. The number of amides is 8. The van der Waals surface area contributed by atoms with Crippen LogP contribution >= 0.6 is 0 Å². The number of fused-ring (bicyclic) bond motifs is 1. The quantitative estimate of drug-likeness (QED) is 0.152. The molecule has 0 radical (unpaired) electrons. The molecule has 12 atom stereocenters. The third-order valence-corrected chi connectivity index (χ3v) is 18.8. The number of aromatic amines is 1. The number of carbonyl (C=O) groups excluding carboxylic acids is 12. The number of likely N-dealkylation sites (N-methyl/N-ethyl adjacent to an activating group) is 7. The van der Waals surface area contributed by atoms with E-state index in [9.17, 15) is 43.5 Å². The van der Waals surface area contributed by atoms with Crippen LogP contribution in [-0.2, 0) is 63.9 Å². The molecule has 8 amide bonds. The molecule has 0 saturated carbocycles. The van der Waals surface area contributed by atoms with Crippen LogP contribution in [0.4, 0.5) is 0 Å². The molecule has 1 saturated heterocycles. The maximum atomic E-state index is 15.5. The van der Waals surface area contributed by atoms with Crippen LogP contribution in [0.25, 0.3) is 11.0 Å². The van der Waals surface area contributed by atoms with E-state index < -0.39 is 167 Å². The summed E-state index contributed by atoms with van der Waals surface area (Å²) < 4.78 is 4.90. The molecule has 0 unspecified atom stereocenters. The standard InChI is InChI=1S/C71H116N10O14/c1-25-47-35-58(84)62(63(86)44(14)33-59-73-50-27-26-48(71(94)95-24)34-51(50)74-59)81(23)70(93)61(43(12)13)80(22)69(92)55(31-41(8)9)79(21)68(91)54(30-40(6)7)78(20)65(88)46(16)72-64(87)45(15)32-56(82)53(29-39(4)5)77(19)67(90)49(42(10)11)36-57(83)52(28-38(2)3)76(18)60(85)37-75(17)66(47)89/h26-27,34,38-47,49,52-55,61-63,86H,25,28-33,35-37H2,1-24H3,(H,72,87)(H,73,74)/t44-,45-,46-,47-,49+,52+,53+,54+,55+,61+,62-,63-/m1/s1. The Kier molecular flexibility index (Phi) is 31.4. The van der Waals surface area contributed by atoms with E-state index in [0.29, 0.717) is 16.9 Å². The van der Waals surface area contributed by atoms with Gasteiger partial charge in [-0.05, 0) is 98.7 Å². The Morgan fingerprint density at radius 1 is 0.568 bits per heavy atom. The van der Waals surface area contributed by atoms with E-state index in [1.54, 1.807) is 66.7 Å². The third-order valence-electron chi connectivity index (χ3n) is 18.8. The van der Waals surface area contributed by atoms with Gasteiger partial charge in [-0.2, -0.15) is 0 Å². The summed E-state index contributed by atoms with van der Waals surface area (Å²) >= 11 is 0. The smallest absolute Gasteiger partial charge is 0.337 e. The largest absolute Gasteiger partial charge is 0.465 e. The molecular weight excluding hydrogens is 1220 g/mol. The van der Waals surface area contributed by atoms with E-state index in [0.717, 1.165) is 4.90 Å². The van der Waals surface area contributed by atoms with Gasteiger partial charge in [0.25, 0.3) is 0 Å². The van der Waals surface area contributed by atoms with E-state index in [1.165, 1.54) is 92.8 Å². The zero-order chi connectivity index (χ0) is 72.7. The van der Waals surface area contributed by atoms with Gasteiger partial charge >= 0.3 is 5.97 Å². The summed E-state index contributed by atoms with van der Waals surface area (Å²) in [6.45, 7) is 28.0. The summed E-state index contributed by atoms with van der Waals surface area (Å²) in [5.41, 5.74) is 1.28. The molecule has 1 aromatic carbocycles. The molecular formula is C71H116N10O14. The highest BCUT2D eigenvalue weighted by atomic mass is 16.5. The van der Waals surface area contributed by atoms with Crippen LogP contribution in [0.15, 0.2) is 18.2 Å². The molecule has 2 aromatic rings. The number of methoxy groups -OCH3 is 1. The van der Waals surface area contributed by atoms with Crippen molar-refractivity contribution in [1.82, 2.24) is 49.6 Å². The molecule has 95 heavy (non-hydrogen) atoms. The van der Waals surface area contributed by atoms with Crippen molar-refractivity contribution >= 4 is 81.6 Å². The Labute approximate surface area is 565 Å². The number of H-pyrrole nitrogens is 1. The number of aliphatic hydroxyl groups is 1. The molecule has 1 aromatic heterocycles. The molecule has 1 aliphatic rings. The second-order valence-corrected chi connectivity index (χ2v) is 29.3. The zero-order valence-corrected chi connectivity index (χ0v) is 61.5. The van der Waals surface area contributed by atoms with Crippen molar-refractivity contribution in [3.8, 4) is 0 Å². The predicted octanol–water partition coefficient (Wildman–Crippen LogP) is 6.48. The van der Waals surface area contributed by atoms with Crippen molar-refractivity contribution in [2.45, 2.75) is 217 Å². The first-order valence-electron chi connectivity index (χ1n) is 34.0. The summed E-state index contributed by atoms with van der Waals surface area (Å²) in [6, 6.07) is -3.74. The number of benzene rings is 1. The first-order chi connectivity index (χ1) is 44.0. The highest BCUT2D eigenvalue weighted by Gasteiger charge is 2.46. The second-order valence-electron chi connectivity index (χ2n) is 29.3. The van der Waals surface area contributed by atoms with E-state index in [2.05, 4.69) is 15.3 Å². The summed E-state index contributed by atoms with van der Waals surface area (Å²) in [6.07, 6.45) is -1.87. The fraction of sp³-hybridized carbons (Fsp3) is 0.732. The molecule has 3 rings (SSSR count). The number of nitrogens with zero attached hydrogens (tertiary/aromatic N) is 8. The molecule has 0 bridgehead atoms. The number of Topliss-reactive ketones (excluding diaryl/α,β-unsaturated/α-hetero) is 3. The molecule has 2 heterocycles. The van der Waals surface area contributed by atoms with Crippen molar-refractivity contribution in [2.24, 2.45) is 59.2 Å². The monoisotopic (exact) mass is 1330 g/mol. The Bertz CT molecular complexity index is 3030. The van der Waals surface area contributed by atoms with Gasteiger partial charge in [0.15, 0.2) is 17.3 Å². The third kappa shape index (κ3) is 21.7. The number of nitrogens with one attached hydrogen (secondary N) is 2. The van der Waals surface area contributed by atoms with Gasteiger partial charge in [0.1, 0.15) is 36.0 Å². The first-order valence-corrected chi connectivity index (χ1v) is 34.0. The maximum absolute atomic E-state index is 15.5. The minimum absolute atomic E-state index is 0.0316. The average molecular weight is 1330 g/mol. The number of ether oxygens (including phenoxy) is 1. The molecule has 1 fully saturated rings. The van der Waals surface area contributed by atoms with E-state index >= 15 is 19.2 Å². The molecule has 24 heteroatoms. The highest BCUT2D eigenvalue weighted by Crippen LogP contribution is 2.30. The van der Waals surface area contributed by atoms with Crippen LogP contribution in [0, 0.1) is 59.2 Å². The molecule has 534 valence electrons. The minimum atomic E-state index is -1.64. The van der Waals surface area contributed by atoms with Crippen molar-refractivity contribution in [3.05, 3.63) is 29.6 Å². The van der Waals surface area contributed by atoms with Gasteiger partial charge < -0.3 is 54.4 Å². The number of aliphatic hydroxyl groups excluding tert-OH is 1. The molecule has 0 spiro atoms. The van der Waals surface area contributed by atoms with Gasteiger partial charge in [-0.15, -0.1) is 0 Å². The van der Waals surface area contributed by atoms with Crippen LogP contribution in [-0.4, -0.2) is 231 Å². The second kappa shape index (κ2) is 36.3. The Balaban J connectivity index is 2.33. The van der Waals surface area contributed by atoms with Crippen molar-refractivity contribution in [1.29, 1.82) is 0 Å². The number of hydrogen-bond donors (Lipinski definition) is 3. The van der Waals surface area contributed by atoms with E-state index in [1.807, 2.05) is 55.4 Å².